The highest BCUT2D eigenvalue weighted by molar-refractivity contribution is 5.95. The van der Waals surface area contributed by atoms with Crippen molar-refractivity contribution in [2.75, 3.05) is 20.1 Å². The van der Waals surface area contributed by atoms with Gasteiger partial charge in [-0.1, -0.05) is 6.92 Å². The van der Waals surface area contributed by atoms with Crippen LogP contribution in [0.4, 0.5) is 0 Å². The van der Waals surface area contributed by atoms with Gasteiger partial charge < -0.3 is 10.2 Å². The summed E-state index contributed by atoms with van der Waals surface area (Å²) in [6, 6.07) is 0. The van der Waals surface area contributed by atoms with Gasteiger partial charge in [-0.15, -0.1) is 0 Å². The maximum Gasteiger partial charge on any atom is 0.257 e. The van der Waals surface area contributed by atoms with Crippen LogP contribution >= 0.6 is 0 Å². The molecule has 1 aromatic heterocycles. The van der Waals surface area contributed by atoms with Crippen LogP contribution < -0.4 is 5.32 Å². The zero-order valence-corrected chi connectivity index (χ0v) is 13.1. The lowest BCUT2D eigenvalue weighted by Gasteiger charge is -2.15. The third-order valence-corrected chi connectivity index (χ3v) is 3.96. The smallest absolute Gasteiger partial charge is 0.257 e. The van der Waals surface area contributed by atoms with Crippen molar-refractivity contribution in [1.82, 2.24) is 20.0 Å². The Balaban J connectivity index is 1.99. The van der Waals surface area contributed by atoms with Crippen molar-refractivity contribution >= 4 is 11.8 Å². The van der Waals surface area contributed by atoms with E-state index in [4.69, 9.17) is 0 Å². The van der Waals surface area contributed by atoms with Gasteiger partial charge in [0.05, 0.1) is 11.3 Å². The predicted molar refractivity (Wildman–Crippen MR) is 79.9 cm³/mol. The van der Waals surface area contributed by atoms with Crippen molar-refractivity contribution in [2.24, 2.45) is 5.92 Å². The molecule has 1 aromatic rings. The second-order valence-electron chi connectivity index (χ2n) is 5.67. The van der Waals surface area contributed by atoms with Crippen LogP contribution in [0.3, 0.4) is 0 Å². The summed E-state index contributed by atoms with van der Waals surface area (Å²) in [5.74, 6) is 0.343. The molecule has 0 saturated carbocycles. The van der Waals surface area contributed by atoms with Gasteiger partial charge in [-0.25, -0.2) is 0 Å². The molecular formula is C15H24N4O2. The summed E-state index contributed by atoms with van der Waals surface area (Å²) in [5.41, 5.74) is 1.47. The summed E-state index contributed by atoms with van der Waals surface area (Å²) in [7, 11) is 1.64. The van der Waals surface area contributed by atoms with Crippen molar-refractivity contribution in [2.45, 2.75) is 39.7 Å². The molecule has 0 spiro atoms. The average Bonchev–Trinajstić information content (AvgIpc) is 3.05. The van der Waals surface area contributed by atoms with Crippen molar-refractivity contribution in [3.8, 4) is 0 Å². The molecule has 6 heteroatoms. The van der Waals surface area contributed by atoms with Crippen LogP contribution in [0.5, 0.6) is 0 Å². The van der Waals surface area contributed by atoms with Crippen LogP contribution in [0, 0.1) is 12.8 Å². The molecule has 21 heavy (non-hydrogen) atoms. The predicted octanol–water partition coefficient (Wildman–Crippen LogP) is 1.20. The molecule has 0 unspecified atom stereocenters. The summed E-state index contributed by atoms with van der Waals surface area (Å²) in [6.45, 7) is 6.16. The number of hydrogen-bond donors (Lipinski definition) is 1. The first-order valence-corrected chi connectivity index (χ1v) is 7.59. The Labute approximate surface area is 125 Å². The van der Waals surface area contributed by atoms with E-state index in [9.17, 15) is 9.59 Å². The van der Waals surface area contributed by atoms with Crippen LogP contribution in [-0.4, -0.2) is 46.6 Å². The van der Waals surface area contributed by atoms with E-state index in [-0.39, 0.29) is 17.7 Å². The van der Waals surface area contributed by atoms with Crippen molar-refractivity contribution < 1.29 is 9.59 Å². The maximum atomic E-state index is 12.6. The normalized spacial score (nSPS) is 18.0. The summed E-state index contributed by atoms with van der Waals surface area (Å²) in [4.78, 5) is 25.8. The standard InChI is InChI=1S/C15H24N4O2/c1-4-6-19-10-13(11(2)17-19)15(21)18-7-5-12(9-18)8-14(20)16-3/h10,12H,4-9H2,1-3H3,(H,16,20)/t12-/m0/s1. The highest BCUT2D eigenvalue weighted by Crippen LogP contribution is 2.22. The minimum atomic E-state index is 0.0364. The molecule has 2 rings (SSSR count). The molecule has 116 valence electrons. The SMILES string of the molecule is CCCn1cc(C(=O)N2CC[C@@H](CC(=O)NC)C2)c(C)n1. The number of nitrogens with zero attached hydrogens (tertiary/aromatic N) is 3. The number of amides is 2. The highest BCUT2D eigenvalue weighted by Gasteiger charge is 2.29. The molecule has 0 bridgehead atoms. The zero-order chi connectivity index (χ0) is 15.4. The Morgan fingerprint density at radius 2 is 2.24 bits per heavy atom. The molecule has 1 aliphatic rings. The quantitative estimate of drug-likeness (QED) is 0.886. The van der Waals surface area contributed by atoms with Gasteiger partial charge in [0.15, 0.2) is 0 Å². The first kappa shape index (κ1) is 15.5. The number of likely N-dealkylation sites (tertiary alicyclic amines) is 1. The van der Waals surface area contributed by atoms with Crippen LogP contribution in [0.1, 0.15) is 42.2 Å². The third-order valence-electron chi connectivity index (χ3n) is 3.96. The van der Waals surface area contributed by atoms with E-state index in [2.05, 4.69) is 17.3 Å². The minimum Gasteiger partial charge on any atom is -0.359 e. The Morgan fingerprint density at radius 3 is 2.90 bits per heavy atom. The Bertz CT molecular complexity index is 524. The maximum absolute atomic E-state index is 12.6. The number of rotatable bonds is 5. The molecule has 0 radical (unpaired) electrons. The number of hydrogen-bond acceptors (Lipinski definition) is 3. The van der Waals surface area contributed by atoms with Gasteiger partial charge in [0.2, 0.25) is 5.91 Å². The van der Waals surface area contributed by atoms with Crippen LogP contribution in [0.25, 0.3) is 0 Å². The number of nitrogens with one attached hydrogen (secondary N) is 1. The van der Waals surface area contributed by atoms with E-state index in [1.807, 2.05) is 22.7 Å². The highest BCUT2D eigenvalue weighted by atomic mass is 16.2. The molecule has 1 fully saturated rings. The lowest BCUT2D eigenvalue weighted by Crippen LogP contribution is -2.30. The number of carbonyl (C=O) groups excluding carboxylic acids is 2. The molecule has 1 aliphatic heterocycles. The molecular weight excluding hydrogens is 268 g/mol. The molecule has 1 saturated heterocycles. The lowest BCUT2D eigenvalue weighted by molar-refractivity contribution is -0.121. The van der Waals surface area contributed by atoms with Gasteiger partial charge in [-0.3, -0.25) is 14.3 Å². The molecule has 2 amide bonds. The minimum absolute atomic E-state index is 0.0364. The first-order valence-electron chi connectivity index (χ1n) is 7.59. The summed E-state index contributed by atoms with van der Waals surface area (Å²) >= 11 is 0. The summed E-state index contributed by atoms with van der Waals surface area (Å²) in [5, 5.41) is 7.02. The van der Waals surface area contributed by atoms with Crippen molar-refractivity contribution in [1.29, 1.82) is 0 Å². The number of aromatic nitrogens is 2. The van der Waals surface area contributed by atoms with E-state index in [0.717, 1.165) is 31.6 Å². The Morgan fingerprint density at radius 1 is 1.48 bits per heavy atom. The van der Waals surface area contributed by atoms with Crippen LogP contribution in [0.2, 0.25) is 0 Å². The molecule has 2 heterocycles. The van der Waals surface area contributed by atoms with E-state index in [0.29, 0.717) is 18.5 Å². The molecule has 1 N–H and O–H groups in total. The molecule has 6 nitrogen and oxygen atoms in total. The van der Waals surface area contributed by atoms with Crippen molar-refractivity contribution in [3.05, 3.63) is 17.5 Å². The van der Waals surface area contributed by atoms with Gasteiger partial charge >= 0.3 is 0 Å². The van der Waals surface area contributed by atoms with Gasteiger partial charge in [0, 0.05) is 39.3 Å². The van der Waals surface area contributed by atoms with E-state index in [1.54, 1.807) is 7.05 Å². The topological polar surface area (TPSA) is 67.2 Å². The molecule has 1 atom stereocenters. The third kappa shape index (κ3) is 3.62. The van der Waals surface area contributed by atoms with Gasteiger partial charge in [0.25, 0.3) is 5.91 Å². The van der Waals surface area contributed by atoms with Crippen molar-refractivity contribution in [3.63, 3.8) is 0 Å². The van der Waals surface area contributed by atoms with Gasteiger partial charge in [-0.2, -0.15) is 5.10 Å². The fraction of sp³-hybridized carbons (Fsp3) is 0.667. The second-order valence-corrected chi connectivity index (χ2v) is 5.67. The largest absolute Gasteiger partial charge is 0.359 e. The molecule has 0 aliphatic carbocycles. The Hall–Kier alpha value is -1.85. The number of aryl methyl sites for hydroxylation is 2. The van der Waals surface area contributed by atoms with Crippen LogP contribution in [-0.2, 0) is 11.3 Å². The molecule has 0 aromatic carbocycles. The van der Waals surface area contributed by atoms with Gasteiger partial charge in [-0.05, 0) is 25.7 Å². The lowest BCUT2D eigenvalue weighted by atomic mass is 10.0. The van der Waals surface area contributed by atoms with E-state index >= 15 is 0 Å². The second kappa shape index (κ2) is 6.74. The fourth-order valence-electron chi connectivity index (χ4n) is 2.79. The van der Waals surface area contributed by atoms with E-state index in [1.165, 1.54) is 0 Å². The summed E-state index contributed by atoms with van der Waals surface area (Å²) in [6.07, 6.45) is 4.22. The number of carbonyl (C=O) groups is 2. The fourth-order valence-corrected chi connectivity index (χ4v) is 2.79. The van der Waals surface area contributed by atoms with E-state index < -0.39 is 0 Å². The summed E-state index contributed by atoms with van der Waals surface area (Å²) < 4.78 is 1.83. The average molecular weight is 292 g/mol. The Kier molecular flexibility index (Phi) is 4.98. The first-order chi connectivity index (χ1) is 10.0. The van der Waals surface area contributed by atoms with Crippen LogP contribution in [0.15, 0.2) is 6.20 Å². The zero-order valence-electron chi connectivity index (χ0n) is 13.1. The van der Waals surface area contributed by atoms with Gasteiger partial charge in [0.1, 0.15) is 0 Å². The monoisotopic (exact) mass is 292 g/mol.